The number of aliphatic hydroxyl groups excluding tert-OH is 1. The number of ether oxygens (including phenoxy) is 9. The number of aryl methyl sites for hydroxylation is 1. The maximum atomic E-state index is 16.0. The molecule has 0 radical (unpaired) electrons. The summed E-state index contributed by atoms with van der Waals surface area (Å²) < 4.78 is 53.7. The van der Waals surface area contributed by atoms with Crippen molar-refractivity contribution in [3.05, 3.63) is 230 Å². The van der Waals surface area contributed by atoms with Gasteiger partial charge in [0.15, 0.2) is 17.5 Å². The zero-order valence-corrected chi connectivity index (χ0v) is 57.6. The molecule has 2 saturated carbocycles. The number of rotatable bonds is 22. The van der Waals surface area contributed by atoms with Crippen molar-refractivity contribution in [2.75, 3.05) is 37.1 Å². The second kappa shape index (κ2) is 31.3. The molecule has 0 spiro atoms. The van der Waals surface area contributed by atoms with Crippen molar-refractivity contribution >= 4 is 83.1 Å². The summed E-state index contributed by atoms with van der Waals surface area (Å²) in [6.07, 6.45) is -11.4. The second-order valence-corrected chi connectivity index (χ2v) is 26.5. The van der Waals surface area contributed by atoms with E-state index in [1.807, 2.05) is 19.1 Å². The number of Topliss-reactive ketones (excluding diaryl/α,β-unsaturated/α-hetero) is 1. The van der Waals surface area contributed by atoms with Crippen LogP contribution in [-0.4, -0.2) is 143 Å². The van der Waals surface area contributed by atoms with Crippen LogP contribution in [0.3, 0.4) is 0 Å². The van der Waals surface area contributed by atoms with E-state index in [-0.39, 0.29) is 53.2 Å². The minimum atomic E-state index is -2.56. The highest BCUT2D eigenvalue weighted by Gasteiger charge is 2.78. The molecule has 6 aromatic carbocycles. The van der Waals surface area contributed by atoms with E-state index in [0.717, 1.165) is 19.4 Å². The Morgan fingerprint density at radius 1 is 0.680 bits per heavy atom. The van der Waals surface area contributed by atoms with Gasteiger partial charge in [0.1, 0.15) is 49.8 Å². The van der Waals surface area contributed by atoms with E-state index in [9.17, 15) is 53.9 Å². The van der Waals surface area contributed by atoms with Gasteiger partial charge in [-0.15, -0.1) is 0 Å². The van der Waals surface area contributed by atoms with Crippen LogP contribution in [-0.2, 0) is 61.8 Å². The number of benzene rings is 6. The first kappa shape index (κ1) is 74.3. The summed E-state index contributed by atoms with van der Waals surface area (Å²) in [7, 11) is 0. The van der Waals surface area contributed by atoms with Crippen LogP contribution in [0, 0.1) is 33.8 Å². The van der Waals surface area contributed by atoms with Gasteiger partial charge in [0.2, 0.25) is 6.10 Å². The number of nitro groups is 1. The van der Waals surface area contributed by atoms with E-state index in [1.165, 1.54) is 76.2 Å². The Morgan fingerprint density at radius 3 is 1.79 bits per heavy atom. The topological polar surface area (TPSA) is 356 Å². The average molecular weight is 1410 g/mol. The fraction of sp³-hybridized carbons (Fsp3) is 0.338. The largest absolute Gasteiger partial charge is 0.509 e. The number of hydrogen-bond donors (Lipinski definition) is 5. The molecule has 1 heterocycles. The summed E-state index contributed by atoms with van der Waals surface area (Å²) in [5.74, 6) is -7.48. The number of carbonyl (C=O) groups excluding carboxylic acids is 9. The van der Waals surface area contributed by atoms with Crippen LogP contribution >= 0.6 is 0 Å². The van der Waals surface area contributed by atoms with Gasteiger partial charge in [-0.05, 0) is 128 Å². The van der Waals surface area contributed by atoms with E-state index >= 15 is 9.59 Å². The van der Waals surface area contributed by atoms with E-state index in [4.69, 9.17) is 42.6 Å². The van der Waals surface area contributed by atoms with Crippen LogP contribution in [0.2, 0.25) is 0 Å². The van der Waals surface area contributed by atoms with Crippen LogP contribution in [0.5, 0.6) is 0 Å². The number of non-ortho nitro benzene ring substituents is 1. The van der Waals surface area contributed by atoms with Gasteiger partial charge in [0.25, 0.3) is 11.6 Å². The zero-order chi connectivity index (χ0) is 74.1. The van der Waals surface area contributed by atoms with Crippen LogP contribution in [0.4, 0.5) is 31.4 Å². The molecule has 3 amide bonds. The maximum Gasteiger partial charge on any atom is 0.509 e. The number of anilines is 2. The zero-order valence-electron chi connectivity index (χ0n) is 57.6. The number of nitrogens with zero attached hydrogens (tertiary/aromatic N) is 1. The van der Waals surface area contributed by atoms with Crippen LogP contribution in [0.25, 0.3) is 12.2 Å². The van der Waals surface area contributed by atoms with Crippen molar-refractivity contribution in [1.29, 1.82) is 0 Å². The Hall–Kier alpha value is -11.4. The van der Waals surface area contributed by atoms with E-state index < -0.39 is 149 Å². The Kier molecular flexibility index (Phi) is 22.6. The highest BCUT2D eigenvalue weighted by Crippen LogP contribution is 2.64. The van der Waals surface area contributed by atoms with Crippen LogP contribution in [0.15, 0.2) is 186 Å². The first-order valence-electron chi connectivity index (χ1n) is 33.0. The smallest absolute Gasteiger partial charge is 0.455 e. The molecule has 5 N–H and O–H groups in total. The van der Waals surface area contributed by atoms with Gasteiger partial charge >= 0.3 is 42.2 Å². The predicted octanol–water partition coefficient (Wildman–Crippen LogP) is 11.1. The molecule has 6 aromatic rings. The predicted molar refractivity (Wildman–Crippen MR) is 370 cm³/mol. The SMILES string of the molecule is CC(=O)O[C@H]1C(=O)[C@@]2(C)[C@H]([C@H](OC(=O)c3ccccc3)[C@]3(O)CC(OC(=O)[C@H](OC(=O)OCC(C)=Cc4ccc(NC(=O)OCC(=Cc5ccc([N+](=O)[O-])cc5)COC(=O)Nc5ccc(C)cc5)cc4)[C@@H](NC(=O)c4ccccc4)c4ccccc4)C(C)=C1C3(C)C)[C@]1(OC(C)=O)CO[C@@H]1C[C@@H]2O. The number of aliphatic hydroxyl groups is 2. The Labute approximate surface area is 592 Å². The van der Waals surface area contributed by atoms with Gasteiger partial charge < -0.3 is 58.2 Å². The molecule has 11 atom stereocenters. The number of esters is 4. The van der Waals surface area contributed by atoms with Gasteiger partial charge in [-0.25, -0.2) is 24.0 Å². The Bertz CT molecular complexity index is 4300. The first-order chi connectivity index (χ1) is 49.0. The van der Waals surface area contributed by atoms with Crippen LogP contribution < -0.4 is 16.0 Å². The molecule has 1 unspecified atom stereocenters. The normalized spacial score (nSPS) is 23.8. The number of nitro benzene ring substituents is 1. The molecule has 10 rings (SSSR count). The van der Waals surface area contributed by atoms with Gasteiger partial charge in [-0.1, -0.05) is 116 Å². The number of ketones is 1. The van der Waals surface area contributed by atoms with Crippen molar-refractivity contribution in [3.8, 4) is 0 Å². The maximum absolute atomic E-state index is 16.0. The quantitative estimate of drug-likeness (QED) is 0.0139. The molecule has 0 aromatic heterocycles. The van der Waals surface area contributed by atoms with Gasteiger partial charge in [0, 0.05) is 66.7 Å². The Balaban J connectivity index is 0.911. The third-order valence-electron chi connectivity index (χ3n) is 19.2. The minimum absolute atomic E-state index is 0.00225. The molecule has 4 aliphatic rings. The van der Waals surface area contributed by atoms with E-state index in [2.05, 4.69) is 16.0 Å². The molecule has 1 saturated heterocycles. The molecule has 103 heavy (non-hydrogen) atoms. The van der Waals surface area contributed by atoms with Gasteiger partial charge in [0.05, 0.1) is 34.5 Å². The summed E-state index contributed by atoms with van der Waals surface area (Å²) >= 11 is 0. The molecule has 26 nitrogen and oxygen atoms in total. The second-order valence-electron chi connectivity index (χ2n) is 26.5. The average Bonchev–Trinajstić information content (AvgIpc) is 0.669. The highest BCUT2D eigenvalue weighted by atomic mass is 16.7. The fourth-order valence-corrected chi connectivity index (χ4v) is 13.9. The highest BCUT2D eigenvalue weighted by molar-refractivity contribution is 5.97. The third kappa shape index (κ3) is 16.4. The number of amides is 3. The molecule has 538 valence electrons. The van der Waals surface area contributed by atoms with Crippen molar-refractivity contribution in [2.45, 2.75) is 122 Å². The lowest BCUT2D eigenvalue weighted by atomic mass is 9.44. The number of nitrogens with one attached hydrogen (secondary N) is 3. The third-order valence-corrected chi connectivity index (χ3v) is 19.2. The Morgan fingerprint density at radius 2 is 1.23 bits per heavy atom. The number of carbonyl (C=O) groups is 9. The molecule has 1 aliphatic heterocycles. The van der Waals surface area contributed by atoms with E-state index in [1.54, 1.807) is 122 Å². The lowest BCUT2D eigenvalue weighted by molar-refractivity contribution is -0.384. The number of fused-ring (bicyclic) bond motifs is 5. The first-order valence-corrected chi connectivity index (χ1v) is 33.0. The van der Waals surface area contributed by atoms with Crippen molar-refractivity contribution in [1.82, 2.24) is 5.32 Å². The molecule has 2 bridgehead atoms. The summed E-state index contributed by atoms with van der Waals surface area (Å²) in [6, 6.07) is 41.0. The lowest BCUT2D eigenvalue weighted by Gasteiger charge is -2.67. The minimum Gasteiger partial charge on any atom is -0.455 e. The molecule has 3 aliphatic carbocycles. The lowest BCUT2D eigenvalue weighted by Crippen LogP contribution is -2.82. The molecule has 3 fully saturated rings. The fourth-order valence-electron chi connectivity index (χ4n) is 13.9. The molecular formula is C77H78N4O22. The molecular weight excluding hydrogens is 1330 g/mol. The van der Waals surface area contributed by atoms with E-state index in [0.29, 0.717) is 33.6 Å². The monoisotopic (exact) mass is 1410 g/mol. The van der Waals surface area contributed by atoms with Gasteiger partial charge in [-0.2, -0.15) is 0 Å². The summed E-state index contributed by atoms with van der Waals surface area (Å²) in [6.45, 7) is 10.1. The van der Waals surface area contributed by atoms with Crippen molar-refractivity contribution in [2.24, 2.45) is 16.7 Å². The molecule has 26 heteroatoms. The summed E-state index contributed by atoms with van der Waals surface area (Å²) in [5.41, 5.74) is -4.63. The van der Waals surface area contributed by atoms with Crippen molar-refractivity contribution < 1.29 is 101 Å². The summed E-state index contributed by atoms with van der Waals surface area (Å²) in [5, 5.41) is 45.9. The van der Waals surface area contributed by atoms with Gasteiger partial charge in [-0.3, -0.25) is 39.9 Å². The standard InChI is InChI=1S/C77H78N4O22/c1-44-24-30-55(31-25-44)78-71(89)95-41-51(37-50-28-34-57(35-29-50)81(93)94)42-96-72(90)79-56-32-26-49(27-33-56)36-45(2)40-97-73(91)101-64(62(52-18-12-9-13-19-52)80-68(86)53-20-14-10-15-21-53)70(88)100-58-39-77(92)67(102-69(87)54-22-16-11-17-23-54)65-75(8,59(84)38-60-76(65,43-98-60)103-48(5)83)66(85)63(99-47(4)82)61(46(58)3)74(77,6)7/h9-37,58-60,62-65,67,84,92H,38-43H2,1-8H3,(H,78,89)(H,79,90)(H,80,86)/t58?,59-,60+,62-,63+,64+,65-,67-,75+,76-,77+/m0/s1. The summed E-state index contributed by atoms with van der Waals surface area (Å²) in [4.78, 5) is 138. The number of hydrogen-bond acceptors (Lipinski definition) is 22. The van der Waals surface area contributed by atoms with Crippen LogP contribution in [0.1, 0.15) is 110 Å². The van der Waals surface area contributed by atoms with Crippen molar-refractivity contribution in [3.63, 3.8) is 0 Å².